The standard InChI is InChI=1S/C24H47FN6O12/c25-8(5-26)16(35)22(39)31-11-3-9(27)20(42-23-10(28)4-12(34)13(40-23)6-30-1-2-32)19(38)21(11)43-24-18(37)15(29)17(36)14(7-33)41-24/h8-21,23-24,30,32-38H,1-7,26-29H2,(H,31,39)/t8?,9-,10+,11+,12-,13+,14+,15-,16?,17+,18+,19-,20+,21-,23+,24+/m0/s1. The Morgan fingerprint density at radius 3 is 2.21 bits per heavy atom. The van der Waals surface area contributed by atoms with E-state index in [-0.39, 0.29) is 32.5 Å². The molecule has 2 unspecified atom stereocenters. The summed E-state index contributed by atoms with van der Waals surface area (Å²) in [6, 6.07) is -4.40. The van der Waals surface area contributed by atoms with Crippen LogP contribution >= 0.6 is 0 Å². The van der Waals surface area contributed by atoms with E-state index in [1.54, 1.807) is 0 Å². The summed E-state index contributed by atoms with van der Waals surface area (Å²) in [5.41, 5.74) is 23.6. The van der Waals surface area contributed by atoms with Crippen molar-refractivity contribution in [2.45, 2.75) is 111 Å². The van der Waals surface area contributed by atoms with Crippen LogP contribution in [0.2, 0.25) is 0 Å². The molecule has 2 aliphatic heterocycles. The fourth-order valence-corrected chi connectivity index (χ4v) is 5.38. The molecular formula is C24H47FN6O12. The zero-order valence-corrected chi connectivity index (χ0v) is 23.5. The minimum absolute atomic E-state index is 0.0705. The molecule has 3 rings (SSSR count). The zero-order chi connectivity index (χ0) is 32.0. The number of alkyl halides is 1. The van der Waals surface area contributed by atoms with Gasteiger partial charge < -0.3 is 88.3 Å². The number of halogens is 1. The van der Waals surface area contributed by atoms with Crippen molar-refractivity contribution in [2.24, 2.45) is 22.9 Å². The first-order chi connectivity index (χ1) is 20.3. The maximum absolute atomic E-state index is 13.9. The van der Waals surface area contributed by atoms with Gasteiger partial charge in [-0.3, -0.25) is 4.79 Å². The number of hydrogen-bond acceptors (Lipinski definition) is 17. The lowest BCUT2D eigenvalue weighted by atomic mass is 9.83. The van der Waals surface area contributed by atoms with Gasteiger partial charge in [-0.15, -0.1) is 0 Å². The van der Waals surface area contributed by atoms with Gasteiger partial charge in [0.15, 0.2) is 18.7 Å². The van der Waals surface area contributed by atoms with Crippen LogP contribution in [0.4, 0.5) is 4.39 Å². The quantitative estimate of drug-likeness (QED) is 0.0840. The number of rotatable bonds is 13. The number of nitrogens with two attached hydrogens (primary N) is 4. The summed E-state index contributed by atoms with van der Waals surface area (Å²) in [5.74, 6) is -1.18. The maximum Gasteiger partial charge on any atom is 0.252 e. The lowest BCUT2D eigenvalue weighted by Crippen LogP contribution is -2.69. The van der Waals surface area contributed by atoms with Gasteiger partial charge in [0, 0.05) is 25.7 Å². The summed E-state index contributed by atoms with van der Waals surface area (Å²) >= 11 is 0. The van der Waals surface area contributed by atoms with Crippen LogP contribution < -0.4 is 33.6 Å². The highest BCUT2D eigenvalue weighted by atomic mass is 19.1. The predicted octanol–water partition coefficient (Wildman–Crippen LogP) is -7.86. The molecule has 0 spiro atoms. The SMILES string of the molecule is NCC(F)C(O)C(=O)N[C@@H]1C[C@H](N)[C@@H](O[C@H]2O[C@H](CNCCO)[C@@H](O)C[C@H]2N)[C@H](O)[C@H]1O[C@H]1O[C@H](CO)[C@@H](O)[C@H](N)[C@H]1O. The topological polar surface area (TPSA) is 324 Å². The van der Waals surface area contributed by atoms with Crippen molar-refractivity contribution in [2.75, 3.05) is 32.8 Å². The summed E-state index contributed by atoms with van der Waals surface area (Å²) in [5, 5.41) is 76.5. The number of carbonyl (C=O) groups excluding carboxylic acids is 1. The summed E-state index contributed by atoms with van der Waals surface area (Å²) in [6.45, 7) is -1.07. The molecule has 18 nitrogen and oxygen atoms in total. The van der Waals surface area contributed by atoms with Crippen molar-refractivity contribution in [1.29, 1.82) is 0 Å². The normalized spacial score (nSPS) is 43.6. The molecule has 17 N–H and O–H groups in total. The lowest BCUT2D eigenvalue weighted by molar-refractivity contribution is -0.316. The molecule has 0 aromatic carbocycles. The summed E-state index contributed by atoms with van der Waals surface area (Å²) in [4.78, 5) is 12.6. The van der Waals surface area contributed by atoms with Gasteiger partial charge in [0.2, 0.25) is 0 Å². The highest BCUT2D eigenvalue weighted by Gasteiger charge is 2.51. The van der Waals surface area contributed by atoms with Gasteiger partial charge in [-0.1, -0.05) is 0 Å². The van der Waals surface area contributed by atoms with Gasteiger partial charge in [-0.05, 0) is 12.8 Å². The van der Waals surface area contributed by atoms with Crippen LogP contribution in [0.15, 0.2) is 0 Å². The van der Waals surface area contributed by atoms with E-state index in [0.717, 1.165) is 0 Å². The molecule has 19 heteroatoms. The van der Waals surface area contributed by atoms with Crippen LogP contribution in [-0.4, -0.2) is 172 Å². The molecule has 16 atom stereocenters. The Kier molecular flexibility index (Phi) is 13.8. The minimum Gasteiger partial charge on any atom is -0.395 e. The molecule has 0 aromatic rings. The van der Waals surface area contributed by atoms with Gasteiger partial charge in [-0.2, -0.15) is 0 Å². The average molecular weight is 631 g/mol. The molecule has 0 aromatic heterocycles. The third-order valence-corrected chi connectivity index (χ3v) is 7.94. The number of aliphatic hydroxyl groups is 7. The predicted molar refractivity (Wildman–Crippen MR) is 143 cm³/mol. The van der Waals surface area contributed by atoms with Crippen LogP contribution in [0.5, 0.6) is 0 Å². The van der Waals surface area contributed by atoms with Gasteiger partial charge in [0.25, 0.3) is 5.91 Å². The molecule has 2 heterocycles. The van der Waals surface area contributed by atoms with Crippen molar-refractivity contribution < 1.29 is 63.9 Å². The molecule has 3 fully saturated rings. The Bertz CT molecular complexity index is 872. The third kappa shape index (κ3) is 8.73. The lowest BCUT2D eigenvalue weighted by Gasteiger charge is -2.48. The van der Waals surface area contributed by atoms with E-state index in [2.05, 4.69) is 10.6 Å². The number of nitrogens with one attached hydrogen (secondary N) is 2. The Morgan fingerprint density at radius 1 is 0.930 bits per heavy atom. The Balaban J connectivity index is 1.82. The fourth-order valence-electron chi connectivity index (χ4n) is 5.38. The van der Waals surface area contributed by atoms with Crippen molar-refractivity contribution >= 4 is 5.91 Å². The van der Waals surface area contributed by atoms with Gasteiger partial charge in [0.05, 0.1) is 43.5 Å². The van der Waals surface area contributed by atoms with Crippen LogP contribution in [0.3, 0.4) is 0 Å². The van der Waals surface area contributed by atoms with Gasteiger partial charge in [0.1, 0.15) is 42.8 Å². The number of hydrogen-bond donors (Lipinski definition) is 13. The third-order valence-electron chi connectivity index (χ3n) is 7.94. The van der Waals surface area contributed by atoms with E-state index >= 15 is 0 Å². The van der Waals surface area contributed by atoms with Crippen molar-refractivity contribution in [3.8, 4) is 0 Å². The number of aliphatic hydroxyl groups excluding tert-OH is 7. The first-order valence-electron chi connectivity index (χ1n) is 14.2. The van der Waals surface area contributed by atoms with Crippen molar-refractivity contribution in [3.63, 3.8) is 0 Å². The first kappa shape index (κ1) is 36.2. The van der Waals surface area contributed by atoms with Crippen LogP contribution in [0.1, 0.15) is 12.8 Å². The molecule has 1 saturated carbocycles. The Hall–Kier alpha value is -1.24. The maximum atomic E-state index is 13.9. The average Bonchev–Trinajstić information content (AvgIpc) is 2.98. The van der Waals surface area contributed by atoms with E-state index in [1.807, 2.05) is 0 Å². The Morgan fingerprint density at radius 2 is 1.58 bits per heavy atom. The van der Waals surface area contributed by atoms with E-state index in [1.165, 1.54) is 0 Å². The van der Waals surface area contributed by atoms with E-state index in [0.29, 0.717) is 0 Å². The molecule has 3 aliphatic rings. The second kappa shape index (κ2) is 16.4. The van der Waals surface area contributed by atoms with E-state index in [9.17, 15) is 39.8 Å². The highest BCUT2D eigenvalue weighted by Crippen LogP contribution is 2.31. The molecule has 2 saturated heterocycles. The second-order valence-electron chi connectivity index (χ2n) is 11.1. The summed E-state index contributed by atoms with van der Waals surface area (Å²) < 4.78 is 37.1. The fraction of sp³-hybridized carbons (Fsp3) is 0.958. The molecule has 0 radical (unpaired) electrons. The second-order valence-corrected chi connectivity index (χ2v) is 11.1. The van der Waals surface area contributed by atoms with E-state index in [4.69, 9.17) is 47.0 Å². The molecule has 1 amide bonds. The summed E-state index contributed by atoms with van der Waals surface area (Å²) in [7, 11) is 0. The molecule has 1 aliphatic carbocycles. The molecule has 252 valence electrons. The highest BCUT2D eigenvalue weighted by molar-refractivity contribution is 5.81. The summed E-state index contributed by atoms with van der Waals surface area (Å²) in [6.07, 6.45) is -17.7. The van der Waals surface area contributed by atoms with Crippen molar-refractivity contribution in [3.05, 3.63) is 0 Å². The van der Waals surface area contributed by atoms with Gasteiger partial charge in [-0.25, -0.2) is 4.39 Å². The molecule has 0 bridgehead atoms. The van der Waals surface area contributed by atoms with Crippen molar-refractivity contribution in [1.82, 2.24) is 10.6 Å². The zero-order valence-electron chi connectivity index (χ0n) is 23.5. The number of amides is 1. The van der Waals surface area contributed by atoms with Crippen LogP contribution in [-0.2, 0) is 23.7 Å². The van der Waals surface area contributed by atoms with Gasteiger partial charge >= 0.3 is 0 Å². The Labute approximate surface area is 247 Å². The van der Waals surface area contributed by atoms with Crippen LogP contribution in [0, 0.1) is 0 Å². The smallest absolute Gasteiger partial charge is 0.252 e. The van der Waals surface area contributed by atoms with E-state index < -0.39 is 117 Å². The molecular weight excluding hydrogens is 583 g/mol. The molecule has 43 heavy (non-hydrogen) atoms. The monoisotopic (exact) mass is 630 g/mol. The minimum atomic E-state index is -2.15. The number of ether oxygens (including phenoxy) is 4. The largest absolute Gasteiger partial charge is 0.395 e. The number of carbonyl (C=O) groups is 1. The first-order valence-corrected chi connectivity index (χ1v) is 14.2. The van der Waals surface area contributed by atoms with Crippen LogP contribution in [0.25, 0.3) is 0 Å².